The van der Waals surface area contributed by atoms with Crippen LogP contribution in [-0.2, 0) is 11.3 Å². The molecule has 4 heteroatoms. The molecule has 0 aliphatic carbocycles. The lowest BCUT2D eigenvalue weighted by Gasteiger charge is -2.39. The fourth-order valence-electron chi connectivity index (χ4n) is 3.71. The summed E-state index contributed by atoms with van der Waals surface area (Å²) >= 11 is 0. The number of nitrogens with one attached hydrogen (secondary N) is 1. The molecule has 3 unspecified atom stereocenters. The zero-order valence-electron chi connectivity index (χ0n) is 12.7. The third-order valence-corrected chi connectivity index (χ3v) is 4.95. The van der Waals surface area contributed by atoms with Crippen molar-refractivity contribution in [2.45, 2.75) is 52.2 Å². The van der Waals surface area contributed by atoms with Crippen molar-refractivity contribution in [3.8, 4) is 0 Å². The van der Waals surface area contributed by atoms with Crippen molar-refractivity contribution in [3.63, 3.8) is 0 Å². The number of piperidine rings is 1. The number of carbonyl (C=O) groups excluding carboxylic acids is 1. The number of hydrogen-bond acceptors (Lipinski definition) is 2. The highest BCUT2D eigenvalue weighted by atomic mass is 16.2. The van der Waals surface area contributed by atoms with Gasteiger partial charge in [-0.25, -0.2) is 0 Å². The van der Waals surface area contributed by atoms with Crippen LogP contribution >= 0.6 is 0 Å². The van der Waals surface area contributed by atoms with E-state index in [1.54, 1.807) is 0 Å². The van der Waals surface area contributed by atoms with Crippen molar-refractivity contribution in [3.05, 3.63) is 23.5 Å². The van der Waals surface area contributed by atoms with Gasteiger partial charge in [0, 0.05) is 36.4 Å². The van der Waals surface area contributed by atoms with E-state index < -0.39 is 0 Å². The van der Waals surface area contributed by atoms with Crippen molar-refractivity contribution < 1.29 is 4.79 Å². The summed E-state index contributed by atoms with van der Waals surface area (Å²) in [6.45, 7) is 9.23. The summed E-state index contributed by atoms with van der Waals surface area (Å²) in [6, 6.07) is 5.00. The first-order valence-corrected chi connectivity index (χ1v) is 7.78. The van der Waals surface area contributed by atoms with E-state index in [0.29, 0.717) is 11.9 Å². The quantitative estimate of drug-likeness (QED) is 0.852. The van der Waals surface area contributed by atoms with Crippen molar-refractivity contribution in [1.82, 2.24) is 14.8 Å². The van der Waals surface area contributed by atoms with Crippen LogP contribution in [0.15, 0.2) is 12.1 Å². The average molecular weight is 275 g/mol. The summed E-state index contributed by atoms with van der Waals surface area (Å²) < 4.78 is 2.35. The predicted octanol–water partition coefficient (Wildman–Crippen LogP) is 2.09. The molecule has 20 heavy (non-hydrogen) atoms. The molecule has 1 N–H and O–H groups in total. The Morgan fingerprint density at radius 3 is 2.85 bits per heavy atom. The van der Waals surface area contributed by atoms with Crippen LogP contribution in [0, 0.1) is 12.8 Å². The molecule has 0 aromatic carbocycles. The molecule has 3 atom stereocenters. The lowest BCUT2D eigenvalue weighted by Crippen LogP contribution is -2.47. The van der Waals surface area contributed by atoms with Gasteiger partial charge in [-0.15, -0.1) is 0 Å². The summed E-state index contributed by atoms with van der Waals surface area (Å²) in [5.74, 6) is 0.562. The van der Waals surface area contributed by atoms with Gasteiger partial charge < -0.3 is 14.8 Å². The average Bonchev–Trinajstić information content (AvgIpc) is 2.81. The Hall–Kier alpha value is -1.29. The number of amides is 1. The van der Waals surface area contributed by atoms with Gasteiger partial charge in [0.25, 0.3) is 0 Å². The van der Waals surface area contributed by atoms with Crippen LogP contribution in [0.2, 0.25) is 0 Å². The summed E-state index contributed by atoms with van der Waals surface area (Å²) in [6.07, 6.45) is 1.95. The first kappa shape index (κ1) is 13.7. The highest BCUT2D eigenvalue weighted by molar-refractivity contribution is 5.79. The van der Waals surface area contributed by atoms with Gasteiger partial charge in [0.2, 0.25) is 5.91 Å². The number of carbonyl (C=O) groups is 1. The number of rotatable bonds is 1. The second kappa shape index (κ2) is 5.24. The highest BCUT2D eigenvalue weighted by Crippen LogP contribution is 2.30. The van der Waals surface area contributed by atoms with Crippen LogP contribution in [0.4, 0.5) is 0 Å². The van der Waals surface area contributed by atoms with Gasteiger partial charge in [0.15, 0.2) is 0 Å². The second-order valence-electron chi connectivity index (χ2n) is 6.34. The summed E-state index contributed by atoms with van der Waals surface area (Å²) in [4.78, 5) is 14.9. The van der Waals surface area contributed by atoms with E-state index in [9.17, 15) is 4.79 Å². The lowest BCUT2D eigenvalue weighted by atomic mass is 9.91. The van der Waals surface area contributed by atoms with Crippen molar-refractivity contribution in [1.29, 1.82) is 0 Å². The molecule has 1 amide bonds. The lowest BCUT2D eigenvalue weighted by molar-refractivity contribution is -0.140. The highest BCUT2D eigenvalue weighted by Gasteiger charge is 2.34. The minimum Gasteiger partial charge on any atom is -0.345 e. The zero-order valence-corrected chi connectivity index (χ0v) is 12.7. The Kier molecular flexibility index (Phi) is 3.59. The maximum atomic E-state index is 12.8. The molecule has 1 fully saturated rings. The SMILES string of the molecule is Cc1ccc2n1CCN(C(=O)C1CCNC(C)C1)C2C. The number of fused-ring (bicyclic) bond motifs is 1. The van der Waals surface area contributed by atoms with E-state index in [-0.39, 0.29) is 12.0 Å². The molecule has 1 saturated heterocycles. The van der Waals surface area contributed by atoms with Crippen molar-refractivity contribution in [2.75, 3.05) is 13.1 Å². The molecule has 0 radical (unpaired) electrons. The van der Waals surface area contributed by atoms with E-state index in [2.05, 4.69) is 47.7 Å². The van der Waals surface area contributed by atoms with Gasteiger partial charge in [-0.2, -0.15) is 0 Å². The van der Waals surface area contributed by atoms with Gasteiger partial charge in [0.05, 0.1) is 6.04 Å². The standard InChI is InChI=1S/C16H25N3O/c1-11-10-14(6-7-17-11)16(20)19-9-8-18-12(2)4-5-15(18)13(19)3/h4-5,11,13-14,17H,6-10H2,1-3H3. The van der Waals surface area contributed by atoms with E-state index in [0.717, 1.165) is 32.5 Å². The molecule has 0 spiro atoms. The molecular weight excluding hydrogens is 250 g/mol. The van der Waals surface area contributed by atoms with Crippen LogP contribution in [0.5, 0.6) is 0 Å². The monoisotopic (exact) mass is 275 g/mol. The second-order valence-corrected chi connectivity index (χ2v) is 6.34. The topological polar surface area (TPSA) is 37.3 Å². The molecule has 2 aliphatic rings. The molecule has 1 aromatic rings. The molecule has 2 aliphatic heterocycles. The van der Waals surface area contributed by atoms with E-state index in [1.807, 2.05) is 0 Å². The third-order valence-electron chi connectivity index (χ3n) is 4.95. The minimum atomic E-state index is 0.204. The molecule has 3 heterocycles. The predicted molar refractivity (Wildman–Crippen MR) is 79.5 cm³/mol. The number of aromatic nitrogens is 1. The first-order valence-electron chi connectivity index (χ1n) is 7.78. The van der Waals surface area contributed by atoms with Crippen molar-refractivity contribution >= 4 is 5.91 Å². The summed E-state index contributed by atoms with van der Waals surface area (Å²) in [5, 5.41) is 3.43. The fourth-order valence-corrected chi connectivity index (χ4v) is 3.71. The zero-order chi connectivity index (χ0) is 14.3. The Morgan fingerprint density at radius 2 is 2.10 bits per heavy atom. The number of aryl methyl sites for hydroxylation is 1. The molecule has 4 nitrogen and oxygen atoms in total. The van der Waals surface area contributed by atoms with Crippen LogP contribution < -0.4 is 5.32 Å². The van der Waals surface area contributed by atoms with Crippen LogP contribution in [0.3, 0.4) is 0 Å². The molecule has 0 bridgehead atoms. The van der Waals surface area contributed by atoms with Crippen LogP contribution in [-0.4, -0.2) is 34.5 Å². The van der Waals surface area contributed by atoms with E-state index in [4.69, 9.17) is 0 Å². The number of hydrogen-bond donors (Lipinski definition) is 1. The summed E-state index contributed by atoms with van der Waals surface area (Å²) in [5.41, 5.74) is 2.58. The molecule has 1 aromatic heterocycles. The van der Waals surface area contributed by atoms with Crippen LogP contribution in [0.25, 0.3) is 0 Å². The minimum absolute atomic E-state index is 0.204. The smallest absolute Gasteiger partial charge is 0.226 e. The maximum Gasteiger partial charge on any atom is 0.226 e. The van der Waals surface area contributed by atoms with Gasteiger partial charge in [-0.3, -0.25) is 4.79 Å². The molecule has 3 rings (SSSR count). The van der Waals surface area contributed by atoms with Gasteiger partial charge in [-0.1, -0.05) is 0 Å². The summed E-state index contributed by atoms with van der Waals surface area (Å²) in [7, 11) is 0. The Balaban J connectivity index is 1.76. The van der Waals surface area contributed by atoms with Gasteiger partial charge in [-0.05, 0) is 52.3 Å². The largest absolute Gasteiger partial charge is 0.345 e. The Bertz CT molecular complexity index is 508. The van der Waals surface area contributed by atoms with E-state index >= 15 is 0 Å². The van der Waals surface area contributed by atoms with Gasteiger partial charge >= 0.3 is 0 Å². The third kappa shape index (κ3) is 2.26. The van der Waals surface area contributed by atoms with E-state index in [1.165, 1.54) is 11.4 Å². The maximum absolute atomic E-state index is 12.8. The normalized spacial score (nSPS) is 30.1. The Morgan fingerprint density at radius 1 is 1.30 bits per heavy atom. The molecule has 0 saturated carbocycles. The Labute approximate surface area is 121 Å². The molecule has 110 valence electrons. The number of nitrogens with zero attached hydrogens (tertiary/aromatic N) is 2. The van der Waals surface area contributed by atoms with Crippen LogP contribution in [0.1, 0.15) is 44.1 Å². The van der Waals surface area contributed by atoms with Gasteiger partial charge in [0.1, 0.15) is 0 Å². The molecular formula is C16H25N3O. The fraction of sp³-hybridized carbons (Fsp3) is 0.688. The first-order chi connectivity index (χ1) is 9.58. The van der Waals surface area contributed by atoms with Crippen molar-refractivity contribution in [2.24, 2.45) is 5.92 Å².